The summed E-state index contributed by atoms with van der Waals surface area (Å²) < 4.78 is 1.05. The molecule has 15 heteroatoms. The lowest BCUT2D eigenvalue weighted by Crippen LogP contribution is -2.51. The van der Waals surface area contributed by atoms with Crippen LogP contribution in [0.3, 0.4) is 0 Å². The van der Waals surface area contributed by atoms with Crippen molar-refractivity contribution < 1.29 is 29.4 Å². The van der Waals surface area contributed by atoms with Crippen molar-refractivity contribution in [3.05, 3.63) is 89.5 Å². The molecule has 2 unspecified atom stereocenters. The molecule has 2 aromatic carbocycles. The summed E-state index contributed by atoms with van der Waals surface area (Å²) in [6.07, 6.45) is 9.34. The molecule has 0 saturated carbocycles. The number of aliphatic imine (C=N–C) groups is 1. The van der Waals surface area contributed by atoms with Crippen molar-refractivity contribution in [3.63, 3.8) is 0 Å². The Hall–Kier alpha value is -6.06. The van der Waals surface area contributed by atoms with Crippen LogP contribution in [0, 0.1) is 5.92 Å². The Labute approximate surface area is 345 Å². The Balaban J connectivity index is 0.957. The molecule has 3 aliphatic heterocycles. The maximum atomic E-state index is 13.9. The van der Waals surface area contributed by atoms with Gasteiger partial charge in [0.15, 0.2) is 0 Å². The molecular formula is C44H48N8O6S. The average Bonchev–Trinajstić information content (AvgIpc) is 4.08. The van der Waals surface area contributed by atoms with E-state index in [-0.39, 0.29) is 41.5 Å². The number of rotatable bonds is 12. The fourth-order valence-corrected chi connectivity index (χ4v) is 9.73. The van der Waals surface area contributed by atoms with E-state index < -0.39 is 24.6 Å². The van der Waals surface area contributed by atoms with Crippen LogP contribution in [0.4, 0.5) is 0 Å². The monoisotopic (exact) mass is 816 g/mol. The molecule has 5 aromatic rings. The molecule has 0 aliphatic carbocycles. The van der Waals surface area contributed by atoms with Crippen LogP contribution in [0.2, 0.25) is 0 Å². The quantitative estimate of drug-likeness (QED) is 0.0910. The van der Waals surface area contributed by atoms with E-state index in [0.717, 1.165) is 63.0 Å². The van der Waals surface area contributed by atoms with Gasteiger partial charge in [0, 0.05) is 72.2 Å². The summed E-state index contributed by atoms with van der Waals surface area (Å²) in [5, 5.41) is 28.2. The van der Waals surface area contributed by atoms with Gasteiger partial charge in [-0.05, 0) is 54.9 Å². The summed E-state index contributed by atoms with van der Waals surface area (Å²) in [7, 11) is 0. The number of aromatic hydroxyl groups is 1. The van der Waals surface area contributed by atoms with Gasteiger partial charge < -0.3 is 40.6 Å². The van der Waals surface area contributed by atoms with Crippen LogP contribution >= 0.6 is 11.3 Å². The Morgan fingerprint density at radius 3 is 2.41 bits per heavy atom. The third-order valence-electron chi connectivity index (χ3n) is 11.6. The lowest BCUT2D eigenvalue weighted by molar-refractivity contribution is -0.139. The standard InChI is InChI=1S/C44H48N8O6S/c1-24(2)38(50-37(56)22-53)43(57)52-16-8-12-35(52)42-47-21-33(49-42)27-13-14-29(36(55)18-27)31-23-59-41-30(20-46-40(31)41)28-17-32(45-19-28)34-11-7-15-51(34)44(58)39(48-25(3)54)26-9-5-4-6-10-26/h4-6,9-10,13-14,18-21,23-24,34-35,38-39,46,53,55H,7-8,11-12,15-17,22H2,1-3H3,(H,47,49)(H,48,54)(H,50,56)/t34?,35?,38-,39+/m0/s1. The zero-order chi connectivity index (χ0) is 41.4. The second-order valence-corrected chi connectivity index (χ2v) is 16.7. The van der Waals surface area contributed by atoms with Crippen molar-refractivity contribution >= 4 is 56.5 Å². The van der Waals surface area contributed by atoms with Gasteiger partial charge in [-0.3, -0.25) is 24.2 Å². The molecule has 4 atom stereocenters. The number of likely N-dealkylation sites (tertiary alicyclic amines) is 2. The molecule has 0 radical (unpaired) electrons. The van der Waals surface area contributed by atoms with E-state index in [1.165, 1.54) is 6.92 Å². The molecule has 8 rings (SSSR count). The molecule has 3 aliphatic rings. The minimum atomic E-state index is -0.765. The number of thiophene rings is 1. The van der Waals surface area contributed by atoms with Gasteiger partial charge >= 0.3 is 0 Å². The number of hydrogen-bond donors (Lipinski definition) is 6. The first kappa shape index (κ1) is 39.8. The summed E-state index contributed by atoms with van der Waals surface area (Å²) in [4.78, 5) is 71.5. The first-order valence-electron chi connectivity index (χ1n) is 20.1. The SMILES string of the molecule is CC(=O)N[C@@H](C(=O)N1CCCC1C1=NC=C(c2c[nH]c3c(-c4ccc(-c5cnc(C6CCCN6C(=O)[C@@H](NC(=O)CO)C(C)C)[nH]5)cc4O)csc23)C1)c1ccccc1. The van der Waals surface area contributed by atoms with E-state index in [1.807, 2.05) is 79.0 Å². The van der Waals surface area contributed by atoms with E-state index in [2.05, 4.69) is 25.6 Å². The van der Waals surface area contributed by atoms with Gasteiger partial charge in [-0.15, -0.1) is 11.3 Å². The topological polar surface area (TPSA) is 196 Å². The number of phenols is 1. The molecule has 59 heavy (non-hydrogen) atoms. The Bertz CT molecular complexity index is 2470. The zero-order valence-corrected chi connectivity index (χ0v) is 34.0. The van der Waals surface area contributed by atoms with Crippen LogP contribution in [0.25, 0.3) is 38.2 Å². The molecule has 0 bridgehead atoms. The highest BCUT2D eigenvalue weighted by Gasteiger charge is 2.39. The molecule has 2 fully saturated rings. The highest BCUT2D eigenvalue weighted by molar-refractivity contribution is 7.18. The number of amides is 4. The predicted molar refractivity (Wildman–Crippen MR) is 226 cm³/mol. The zero-order valence-electron chi connectivity index (χ0n) is 33.2. The van der Waals surface area contributed by atoms with E-state index in [4.69, 9.17) is 4.99 Å². The van der Waals surface area contributed by atoms with Gasteiger partial charge in [0.25, 0.3) is 0 Å². The number of nitrogens with zero attached hydrogens (tertiary/aromatic N) is 4. The molecular weight excluding hydrogens is 769 g/mol. The molecule has 306 valence electrons. The number of benzene rings is 2. The van der Waals surface area contributed by atoms with E-state index in [1.54, 1.807) is 28.5 Å². The third-order valence-corrected chi connectivity index (χ3v) is 12.6. The lowest BCUT2D eigenvalue weighted by Gasteiger charge is -2.30. The minimum absolute atomic E-state index is 0.108. The highest BCUT2D eigenvalue weighted by Crippen LogP contribution is 2.43. The fourth-order valence-electron chi connectivity index (χ4n) is 8.65. The summed E-state index contributed by atoms with van der Waals surface area (Å²) in [6.45, 7) is 5.59. The van der Waals surface area contributed by atoms with Crippen molar-refractivity contribution in [1.82, 2.24) is 35.4 Å². The fraction of sp³-hybridized carbons (Fsp3) is 0.364. The van der Waals surface area contributed by atoms with Crippen LogP contribution in [0.5, 0.6) is 5.75 Å². The molecule has 4 amide bonds. The number of aliphatic hydroxyl groups is 1. The number of aromatic amines is 2. The number of nitrogens with one attached hydrogen (secondary N) is 4. The van der Waals surface area contributed by atoms with Crippen molar-refractivity contribution in [2.24, 2.45) is 10.9 Å². The van der Waals surface area contributed by atoms with Crippen LogP contribution in [-0.2, 0) is 19.2 Å². The number of H-pyrrole nitrogens is 2. The van der Waals surface area contributed by atoms with Crippen LogP contribution < -0.4 is 10.6 Å². The summed E-state index contributed by atoms with van der Waals surface area (Å²) in [5.74, 6) is -0.622. The Morgan fingerprint density at radius 1 is 0.949 bits per heavy atom. The number of fused-ring (bicyclic) bond motifs is 1. The normalized spacial score (nSPS) is 18.9. The predicted octanol–water partition coefficient (Wildman–Crippen LogP) is 5.84. The second kappa shape index (κ2) is 16.7. The number of hydrogen-bond acceptors (Lipinski definition) is 9. The Kier molecular flexibility index (Phi) is 11.2. The molecule has 3 aromatic heterocycles. The van der Waals surface area contributed by atoms with Gasteiger partial charge in [0.2, 0.25) is 23.6 Å². The van der Waals surface area contributed by atoms with E-state index in [9.17, 15) is 29.4 Å². The number of phenolic OH excluding ortho intramolecular Hbond substituents is 1. The third kappa shape index (κ3) is 7.79. The van der Waals surface area contributed by atoms with Gasteiger partial charge in [-0.25, -0.2) is 4.98 Å². The maximum absolute atomic E-state index is 13.9. The largest absolute Gasteiger partial charge is 0.507 e. The van der Waals surface area contributed by atoms with Crippen LogP contribution in [0.1, 0.15) is 81.9 Å². The van der Waals surface area contributed by atoms with Crippen molar-refractivity contribution in [2.75, 3.05) is 19.7 Å². The van der Waals surface area contributed by atoms with Crippen molar-refractivity contribution in [3.8, 4) is 28.1 Å². The number of carbonyl (C=O) groups excluding carboxylic acids is 4. The van der Waals surface area contributed by atoms with Gasteiger partial charge in [0.05, 0.1) is 34.2 Å². The molecule has 6 N–H and O–H groups in total. The molecule has 6 heterocycles. The number of aromatic nitrogens is 3. The lowest BCUT2D eigenvalue weighted by atomic mass is 9.98. The highest BCUT2D eigenvalue weighted by atomic mass is 32.1. The Morgan fingerprint density at radius 2 is 1.69 bits per heavy atom. The van der Waals surface area contributed by atoms with Gasteiger partial charge in [-0.1, -0.05) is 50.2 Å². The van der Waals surface area contributed by atoms with Crippen molar-refractivity contribution in [2.45, 2.75) is 77.0 Å². The molecule has 14 nitrogen and oxygen atoms in total. The van der Waals surface area contributed by atoms with Gasteiger partial charge in [0.1, 0.15) is 30.3 Å². The van der Waals surface area contributed by atoms with E-state index in [0.29, 0.717) is 43.0 Å². The number of allylic oxidation sites excluding steroid dienone is 1. The first-order chi connectivity index (χ1) is 28.5. The molecule has 0 spiro atoms. The maximum Gasteiger partial charge on any atom is 0.250 e. The first-order valence-corrected chi connectivity index (χ1v) is 21.0. The smallest absolute Gasteiger partial charge is 0.250 e. The number of imidazole rings is 1. The van der Waals surface area contributed by atoms with E-state index >= 15 is 0 Å². The second-order valence-electron chi connectivity index (χ2n) is 15.8. The summed E-state index contributed by atoms with van der Waals surface area (Å²) >= 11 is 1.59. The molecule has 2 saturated heterocycles. The van der Waals surface area contributed by atoms with Crippen LogP contribution in [-0.4, -0.2) is 96.1 Å². The average molecular weight is 817 g/mol. The minimum Gasteiger partial charge on any atom is -0.507 e. The van der Waals surface area contributed by atoms with Crippen molar-refractivity contribution in [1.29, 1.82) is 0 Å². The number of carbonyl (C=O) groups is 4. The summed E-state index contributed by atoms with van der Waals surface area (Å²) in [5.41, 5.74) is 7.65. The number of aliphatic hydroxyl groups excluding tert-OH is 1. The summed E-state index contributed by atoms with van der Waals surface area (Å²) in [6, 6.07) is 12.9. The van der Waals surface area contributed by atoms with Gasteiger partial charge in [-0.2, -0.15) is 0 Å². The van der Waals surface area contributed by atoms with Crippen LogP contribution in [0.15, 0.2) is 77.5 Å².